The Balaban J connectivity index is 1.76. The van der Waals surface area contributed by atoms with E-state index in [0.717, 1.165) is 12.2 Å². The first-order chi connectivity index (χ1) is 23.4. The third kappa shape index (κ3) is 31.6. The van der Waals surface area contributed by atoms with Crippen molar-refractivity contribution in [3.05, 3.63) is 29.8 Å². The monoisotopic (exact) mass is 674 g/mol. The first kappa shape index (κ1) is 43.6. The fraction of sp³-hybridized carbons (Fsp3) is 0.833. The molecule has 0 fully saturated rings. The average Bonchev–Trinajstić information content (AvgIpc) is 3.09. The van der Waals surface area contributed by atoms with E-state index in [-0.39, 0.29) is 6.61 Å². The quantitative estimate of drug-likeness (QED) is 0.0964. The molecule has 0 saturated carbocycles. The molecule has 0 aliphatic carbocycles. The van der Waals surface area contributed by atoms with Crippen molar-refractivity contribution in [1.82, 2.24) is 0 Å². The molecular weight excluding hydrogens is 608 g/mol. The van der Waals surface area contributed by atoms with Crippen molar-refractivity contribution in [1.29, 1.82) is 0 Å². The Morgan fingerprint density at radius 1 is 0.404 bits per heavy atom. The molecule has 1 rings (SSSR count). The summed E-state index contributed by atoms with van der Waals surface area (Å²) in [4.78, 5) is 0. The van der Waals surface area contributed by atoms with Crippen LogP contribution in [0, 0.1) is 0 Å². The van der Waals surface area contributed by atoms with Crippen LogP contribution in [0.2, 0.25) is 0 Å². The van der Waals surface area contributed by atoms with E-state index in [0.29, 0.717) is 126 Å². The van der Waals surface area contributed by atoms with Gasteiger partial charge in [0.15, 0.2) is 0 Å². The van der Waals surface area contributed by atoms with Gasteiger partial charge >= 0.3 is 0 Å². The van der Waals surface area contributed by atoms with Gasteiger partial charge in [0.25, 0.3) is 0 Å². The molecule has 0 aromatic heterocycles. The molecule has 11 nitrogen and oxygen atoms in total. The molecule has 0 saturated heterocycles. The van der Waals surface area contributed by atoms with Gasteiger partial charge in [-0.3, -0.25) is 0 Å². The number of benzene rings is 1. The highest BCUT2D eigenvalue weighted by atomic mass is 16.6. The number of aryl methyl sites for hydroxylation is 1. The number of hydrogen-bond acceptors (Lipinski definition) is 11. The number of rotatable bonds is 39. The average molecular weight is 675 g/mol. The molecule has 11 heteroatoms. The Morgan fingerprint density at radius 3 is 1.15 bits per heavy atom. The highest BCUT2D eigenvalue weighted by Crippen LogP contribution is 2.21. The van der Waals surface area contributed by atoms with Gasteiger partial charge in [0.2, 0.25) is 0 Å². The van der Waals surface area contributed by atoms with Gasteiger partial charge < -0.3 is 52.5 Å². The van der Waals surface area contributed by atoms with E-state index in [9.17, 15) is 0 Å². The second kappa shape index (κ2) is 37.4. The Labute approximate surface area is 284 Å². The lowest BCUT2D eigenvalue weighted by Crippen LogP contribution is -2.15. The van der Waals surface area contributed by atoms with Gasteiger partial charge in [0.1, 0.15) is 12.4 Å². The van der Waals surface area contributed by atoms with Crippen LogP contribution in [0.15, 0.2) is 24.3 Å². The summed E-state index contributed by atoms with van der Waals surface area (Å²) < 4.78 is 55.0. The third-order valence-electron chi connectivity index (χ3n) is 6.97. The molecule has 0 bridgehead atoms. The Bertz CT molecular complexity index is 741. The second-order valence-corrected chi connectivity index (χ2v) is 10.9. The van der Waals surface area contributed by atoms with E-state index in [1.54, 1.807) is 0 Å². The van der Waals surface area contributed by atoms with Crippen LogP contribution in [0.1, 0.15) is 63.9 Å². The van der Waals surface area contributed by atoms with Gasteiger partial charge in [-0.15, -0.1) is 0 Å². The minimum atomic E-state index is 0.0281. The van der Waals surface area contributed by atoms with Crippen molar-refractivity contribution in [3.8, 4) is 5.75 Å². The number of para-hydroxylation sites is 1. The molecule has 0 unspecified atom stereocenters. The lowest BCUT2D eigenvalue weighted by Gasteiger charge is -2.12. The summed E-state index contributed by atoms with van der Waals surface area (Å²) in [6.45, 7) is 11.9. The van der Waals surface area contributed by atoms with E-state index in [1.165, 1.54) is 56.9 Å². The summed E-state index contributed by atoms with van der Waals surface area (Å²) in [5, 5.41) is 8.59. The standard InChI is InChI=1S/C36H66O11/c1-2-3-4-5-6-7-8-9-12-35-13-10-11-14-36(35)47-34-33-46-32-31-45-30-29-44-28-27-43-26-25-42-24-23-41-22-21-40-20-19-39-18-17-38-16-15-37/h10-11,13-14,37H,2-9,12,15-34H2,1H3. The summed E-state index contributed by atoms with van der Waals surface area (Å²) in [7, 11) is 0. The molecule has 1 aromatic rings. The Hall–Kier alpha value is -1.38. The summed E-state index contributed by atoms with van der Waals surface area (Å²) in [5.41, 5.74) is 1.29. The van der Waals surface area contributed by atoms with Gasteiger partial charge in [-0.1, -0.05) is 70.1 Å². The van der Waals surface area contributed by atoms with Crippen molar-refractivity contribution >= 4 is 0 Å². The van der Waals surface area contributed by atoms with Crippen LogP contribution in [-0.2, 0) is 49.1 Å². The molecule has 276 valence electrons. The van der Waals surface area contributed by atoms with Gasteiger partial charge in [-0.05, 0) is 24.5 Å². The highest BCUT2D eigenvalue weighted by Gasteiger charge is 2.03. The lowest BCUT2D eigenvalue weighted by atomic mass is 10.0. The summed E-state index contributed by atoms with van der Waals surface area (Å²) in [6, 6.07) is 8.36. The maximum atomic E-state index is 8.59. The molecule has 0 radical (unpaired) electrons. The first-order valence-corrected chi connectivity index (χ1v) is 17.9. The predicted molar refractivity (Wildman–Crippen MR) is 183 cm³/mol. The van der Waals surface area contributed by atoms with Gasteiger partial charge in [-0.25, -0.2) is 0 Å². The van der Waals surface area contributed by atoms with Crippen molar-refractivity contribution in [2.75, 3.05) is 132 Å². The van der Waals surface area contributed by atoms with Gasteiger partial charge in [-0.2, -0.15) is 0 Å². The fourth-order valence-corrected chi connectivity index (χ4v) is 4.44. The van der Waals surface area contributed by atoms with E-state index < -0.39 is 0 Å². The fourth-order valence-electron chi connectivity index (χ4n) is 4.44. The van der Waals surface area contributed by atoms with Crippen LogP contribution in [0.3, 0.4) is 0 Å². The first-order valence-electron chi connectivity index (χ1n) is 17.9. The summed E-state index contributed by atoms with van der Waals surface area (Å²) in [5.74, 6) is 0.976. The van der Waals surface area contributed by atoms with Crippen LogP contribution in [0.5, 0.6) is 5.75 Å². The molecule has 1 N–H and O–H groups in total. The maximum absolute atomic E-state index is 8.59. The van der Waals surface area contributed by atoms with Crippen LogP contribution >= 0.6 is 0 Å². The predicted octanol–water partition coefficient (Wildman–Crippen LogP) is 4.89. The topological polar surface area (TPSA) is 113 Å². The molecule has 0 spiro atoms. The van der Waals surface area contributed by atoms with E-state index in [1.807, 2.05) is 6.07 Å². The smallest absolute Gasteiger partial charge is 0.122 e. The summed E-state index contributed by atoms with van der Waals surface area (Å²) in [6.07, 6.45) is 11.7. The number of hydrogen-bond donors (Lipinski definition) is 1. The van der Waals surface area contributed by atoms with Gasteiger partial charge in [0, 0.05) is 0 Å². The zero-order valence-corrected chi connectivity index (χ0v) is 29.3. The molecule has 47 heavy (non-hydrogen) atoms. The lowest BCUT2D eigenvalue weighted by molar-refractivity contribution is -0.0258. The van der Waals surface area contributed by atoms with Crippen LogP contribution in [0.4, 0.5) is 0 Å². The highest BCUT2D eigenvalue weighted by molar-refractivity contribution is 5.33. The van der Waals surface area contributed by atoms with Crippen molar-refractivity contribution < 1.29 is 52.5 Å². The second-order valence-electron chi connectivity index (χ2n) is 10.9. The van der Waals surface area contributed by atoms with Crippen LogP contribution in [-0.4, -0.2) is 137 Å². The number of aliphatic hydroxyl groups is 1. The number of unbranched alkanes of at least 4 members (excludes halogenated alkanes) is 7. The molecule has 0 heterocycles. The molecular formula is C36H66O11. The van der Waals surface area contributed by atoms with Crippen molar-refractivity contribution in [3.63, 3.8) is 0 Å². The third-order valence-corrected chi connectivity index (χ3v) is 6.97. The number of ether oxygens (including phenoxy) is 10. The molecule has 0 aliphatic heterocycles. The summed E-state index contributed by atoms with van der Waals surface area (Å²) >= 11 is 0. The minimum absolute atomic E-state index is 0.0281. The zero-order chi connectivity index (χ0) is 33.6. The van der Waals surface area contributed by atoms with Crippen LogP contribution in [0.25, 0.3) is 0 Å². The molecule has 0 atom stereocenters. The van der Waals surface area contributed by atoms with Crippen LogP contribution < -0.4 is 4.74 Å². The van der Waals surface area contributed by atoms with E-state index in [2.05, 4.69) is 25.1 Å². The largest absolute Gasteiger partial charge is 0.491 e. The maximum Gasteiger partial charge on any atom is 0.122 e. The SMILES string of the molecule is CCCCCCCCCCc1ccccc1OCCOCCOCCOCCOCCOCCOCCOCCOCCOCCO. The van der Waals surface area contributed by atoms with Crippen molar-refractivity contribution in [2.45, 2.75) is 64.7 Å². The molecule has 1 aromatic carbocycles. The zero-order valence-electron chi connectivity index (χ0n) is 29.3. The van der Waals surface area contributed by atoms with Gasteiger partial charge in [0.05, 0.1) is 126 Å². The van der Waals surface area contributed by atoms with E-state index in [4.69, 9.17) is 52.5 Å². The van der Waals surface area contributed by atoms with E-state index >= 15 is 0 Å². The Morgan fingerprint density at radius 2 is 0.745 bits per heavy atom. The minimum Gasteiger partial charge on any atom is -0.491 e. The number of aliphatic hydroxyl groups excluding tert-OH is 1. The Kier molecular flexibility index (Phi) is 34.8. The molecule has 0 aliphatic rings. The normalized spacial score (nSPS) is 11.4. The molecule has 0 amide bonds. The van der Waals surface area contributed by atoms with Crippen molar-refractivity contribution in [2.24, 2.45) is 0 Å².